The molecular formula is C15H15N5O6S. The topological polar surface area (TPSA) is 152 Å². The fraction of sp³-hybridized carbons (Fsp3) is 0.133. The number of benzene rings is 1. The lowest BCUT2D eigenvalue weighted by molar-refractivity contribution is -0.384. The van der Waals surface area contributed by atoms with Gasteiger partial charge in [0.05, 0.1) is 11.5 Å². The molecule has 12 heteroatoms. The van der Waals surface area contributed by atoms with Gasteiger partial charge in [0, 0.05) is 37.1 Å². The smallest absolute Gasteiger partial charge is 0.270 e. The molecule has 2 rings (SSSR count). The number of nitro benzene ring substituents is 1. The fourth-order valence-corrected chi connectivity index (χ4v) is 3.06. The highest BCUT2D eigenvalue weighted by Gasteiger charge is 2.23. The molecule has 0 radical (unpaired) electrons. The molecule has 1 aromatic carbocycles. The third-order valence-electron chi connectivity index (χ3n) is 3.34. The Labute approximate surface area is 154 Å². The van der Waals surface area contributed by atoms with Crippen molar-refractivity contribution in [2.45, 2.75) is 4.90 Å². The number of hydrogen-bond donors (Lipinski definition) is 2. The van der Waals surface area contributed by atoms with Crippen LogP contribution in [0.2, 0.25) is 0 Å². The number of rotatable bonds is 6. The van der Waals surface area contributed by atoms with Gasteiger partial charge < -0.3 is 0 Å². The van der Waals surface area contributed by atoms with Crippen LogP contribution in [-0.2, 0) is 14.8 Å². The number of nitrogens with zero attached hydrogens (tertiary/aromatic N) is 3. The first kappa shape index (κ1) is 19.9. The highest BCUT2D eigenvalue weighted by molar-refractivity contribution is 7.89. The maximum atomic E-state index is 12.3. The zero-order valence-corrected chi connectivity index (χ0v) is 14.8. The summed E-state index contributed by atoms with van der Waals surface area (Å²) in [5.74, 6) is -1.59. The normalized spacial score (nSPS) is 11.0. The predicted molar refractivity (Wildman–Crippen MR) is 92.8 cm³/mol. The van der Waals surface area contributed by atoms with Crippen molar-refractivity contribution < 1.29 is 22.9 Å². The number of amides is 2. The number of pyridine rings is 1. The van der Waals surface area contributed by atoms with Crippen LogP contribution < -0.4 is 10.9 Å². The number of likely N-dealkylation sites (N-methyl/N-ethyl adjacent to an activating group) is 1. The average molecular weight is 393 g/mol. The molecule has 1 heterocycles. The van der Waals surface area contributed by atoms with Crippen molar-refractivity contribution >= 4 is 27.5 Å². The number of hydrogen-bond acceptors (Lipinski definition) is 7. The van der Waals surface area contributed by atoms with Gasteiger partial charge in [-0.25, -0.2) is 8.42 Å². The third-order valence-corrected chi connectivity index (χ3v) is 5.13. The number of nitro groups is 1. The minimum atomic E-state index is -3.92. The van der Waals surface area contributed by atoms with E-state index in [4.69, 9.17) is 0 Å². The summed E-state index contributed by atoms with van der Waals surface area (Å²) >= 11 is 0. The van der Waals surface area contributed by atoms with Crippen LogP contribution in [0.3, 0.4) is 0 Å². The first-order chi connectivity index (χ1) is 12.7. The van der Waals surface area contributed by atoms with Crippen molar-refractivity contribution in [1.82, 2.24) is 20.1 Å². The third kappa shape index (κ3) is 5.05. The Morgan fingerprint density at radius 3 is 2.59 bits per heavy atom. The van der Waals surface area contributed by atoms with E-state index in [0.29, 0.717) is 0 Å². The fourth-order valence-electron chi connectivity index (χ4n) is 1.97. The molecule has 142 valence electrons. The average Bonchev–Trinajstić information content (AvgIpc) is 2.66. The zero-order chi connectivity index (χ0) is 20.0. The summed E-state index contributed by atoms with van der Waals surface area (Å²) in [5, 5.41) is 10.7. The molecule has 0 aliphatic rings. The molecule has 0 saturated heterocycles. The van der Waals surface area contributed by atoms with Gasteiger partial charge in [-0.2, -0.15) is 4.31 Å². The summed E-state index contributed by atoms with van der Waals surface area (Å²) in [4.78, 5) is 37.5. The number of carbonyl (C=O) groups is 2. The van der Waals surface area contributed by atoms with Gasteiger partial charge in [0.2, 0.25) is 10.0 Å². The number of nitrogens with one attached hydrogen (secondary N) is 2. The maximum absolute atomic E-state index is 12.3. The van der Waals surface area contributed by atoms with E-state index in [9.17, 15) is 28.1 Å². The lowest BCUT2D eigenvalue weighted by Crippen LogP contribution is -2.46. The van der Waals surface area contributed by atoms with Crippen molar-refractivity contribution in [3.8, 4) is 0 Å². The second kappa shape index (κ2) is 8.33. The van der Waals surface area contributed by atoms with Crippen LogP contribution in [0.4, 0.5) is 5.69 Å². The molecule has 0 aliphatic heterocycles. The van der Waals surface area contributed by atoms with Gasteiger partial charge in [-0.15, -0.1) is 0 Å². The van der Waals surface area contributed by atoms with Crippen molar-refractivity contribution in [3.05, 3.63) is 64.5 Å². The lowest BCUT2D eigenvalue weighted by atomic mass is 10.2. The van der Waals surface area contributed by atoms with Crippen molar-refractivity contribution in [3.63, 3.8) is 0 Å². The Morgan fingerprint density at radius 1 is 1.22 bits per heavy atom. The van der Waals surface area contributed by atoms with Crippen LogP contribution >= 0.6 is 0 Å². The van der Waals surface area contributed by atoms with Crippen LogP contribution in [0.1, 0.15) is 10.4 Å². The van der Waals surface area contributed by atoms with Gasteiger partial charge in [0.15, 0.2) is 0 Å². The van der Waals surface area contributed by atoms with E-state index < -0.39 is 33.3 Å². The van der Waals surface area contributed by atoms with Crippen LogP contribution in [-0.4, -0.2) is 48.0 Å². The van der Waals surface area contributed by atoms with Gasteiger partial charge >= 0.3 is 0 Å². The Balaban J connectivity index is 1.95. The quantitative estimate of drug-likeness (QED) is 0.520. The van der Waals surface area contributed by atoms with E-state index in [0.717, 1.165) is 16.6 Å². The molecular weight excluding hydrogens is 378 g/mol. The molecule has 0 unspecified atom stereocenters. The minimum absolute atomic E-state index is 0.0409. The summed E-state index contributed by atoms with van der Waals surface area (Å²) in [6, 6.07) is 7.69. The molecule has 0 aliphatic carbocycles. The van der Waals surface area contributed by atoms with Crippen LogP contribution in [0.15, 0.2) is 53.7 Å². The van der Waals surface area contributed by atoms with Crippen molar-refractivity contribution in [1.29, 1.82) is 0 Å². The molecule has 2 N–H and O–H groups in total. The number of aromatic nitrogens is 1. The Hall–Kier alpha value is -3.38. The summed E-state index contributed by atoms with van der Waals surface area (Å²) in [6.07, 6.45) is 2.56. The molecule has 2 aromatic rings. The predicted octanol–water partition coefficient (Wildman–Crippen LogP) is 0.0715. The van der Waals surface area contributed by atoms with E-state index in [1.807, 2.05) is 0 Å². The first-order valence-corrected chi connectivity index (χ1v) is 8.86. The lowest BCUT2D eigenvalue weighted by Gasteiger charge is -2.16. The monoisotopic (exact) mass is 393 g/mol. The van der Waals surface area contributed by atoms with Gasteiger partial charge in [0.1, 0.15) is 4.90 Å². The van der Waals surface area contributed by atoms with Gasteiger partial charge in [0.25, 0.3) is 17.5 Å². The largest absolute Gasteiger partial charge is 0.272 e. The molecule has 0 fully saturated rings. The molecule has 2 amide bonds. The molecule has 1 aromatic heterocycles. The summed E-state index contributed by atoms with van der Waals surface area (Å²) in [7, 11) is -2.72. The van der Waals surface area contributed by atoms with Crippen molar-refractivity contribution in [2.24, 2.45) is 0 Å². The van der Waals surface area contributed by atoms with Gasteiger partial charge in [-0.05, 0) is 18.2 Å². The zero-order valence-electron chi connectivity index (χ0n) is 14.0. The van der Waals surface area contributed by atoms with Gasteiger partial charge in [-0.3, -0.25) is 35.5 Å². The Bertz CT molecular complexity index is 964. The second-order valence-corrected chi connectivity index (χ2v) is 7.30. The van der Waals surface area contributed by atoms with Crippen molar-refractivity contribution in [2.75, 3.05) is 13.6 Å². The van der Waals surface area contributed by atoms with E-state index in [-0.39, 0.29) is 16.1 Å². The molecule has 27 heavy (non-hydrogen) atoms. The number of carbonyl (C=O) groups excluding carboxylic acids is 2. The minimum Gasteiger partial charge on any atom is -0.272 e. The number of non-ortho nitro benzene ring substituents is 1. The van der Waals surface area contributed by atoms with Gasteiger partial charge in [-0.1, -0.05) is 6.07 Å². The number of hydrazine groups is 1. The SMILES string of the molecule is CN(CC(=O)NNC(=O)c1cccc([N+](=O)[O-])c1)S(=O)(=O)c1cccnc1. The van der Waals surface area contributed by atoms with Crippen LogP contribution in [0.5, 0.6) is 0 Å². The Kier molecular flexibility index (Phi) is 6.15. The van der Waals surface area contributed by atoms with E-state index in [1.54, 1.807) is 0 Å². The highest BCUT2D eigenvalue weighted by Crippen LogP contribution is 2.13. The molecule has 0 bridgehead atoms. The van der Waals surface area contributed by atoms with Crippen LogP contribution in [0.25, 0.3) is 0 Å². The highest BCUT2D eigenvalue weighted by atomic mass is 32.2. The maximum Gasteiger partial charge on any atom is 0.270 e. The molecule has 11 nitrogen and oxygen atoms in total. The second-order valence-electron chi connectivity index (χ2n) is 5.26. The standard InChI is InChI=1S/C15H15N5O6S/c1-19(27(25,26)13-6-3-7-16-9-13)10-14(21)17-18-15(22)11-4-2-5-12(8-11)20(23)24/h2-9H,10H2,1H3,(H,17,21)(H,18,22). The first-order valence-electron chi connectivity index (χ1n) is 7.42. The Morgan fingerprint density at radius 2 is 1.96 bits per heavy atom. The summed E-state index contributed by atoms with van der Waals surface area (Å²) in [5.41, 5.74) is 3.80. The molecule has 0 saturated carbocycles. The van der Waals surface area contributed by atoms with E-state index in [1.165, 1.54) is 43.6 Å². The summed E-state index contributed by atoms with van der Waals surface area (Å²) in [6.45, 7) is -0.563. The van der Waals surface area contributed by atoms with E-state index in [2.05, 4.69) is 15.8 Å². The van der Waals surface area contributed by atoms with Crippen LogP contribution in [0, 0.1) is 10.1 Å². The number of sulfonamides is 1. The summed E-state index contributed by atoms with van der Waals surface area (Å²) < 4.78 is 25.4. The molecule has 0 spiro atoms. The van der Waals surface area contributed by atoms with E-state index >= 15 is 0 Å². The molecule has 0 atom stereocenters.